The molecule has 2 N–H and O–H groups in total. The fourth-order valence-corrected chi connectivity index (χ4v) is 3.95. The van der Waals surface area contributed by atoms with Crippen LogP contribution in [0.3, 0.4) is 0 Å². The lowest BCUT2D eigenvalue weighted by Crippen LogP contribution is -2.60. The molecule has 0 radical (unpaired) electrons. The van der Waals surface area contributed by atoms with Crippen molar-refractivity contribution in [3.63, 3.8) is 0 Å². The molecule has 18 heavy (non-hydrogen) atoms. The van der Waals surface area contributed by atoms with Crippen molar-refractivity contribution in [1.29, 1.82) is 0 Å². The Hall–Kier alpha value is -0.130. The van der Waals surface area contributed by atoms with Gasteiger partial charge in [0.25, 0.3) is 0 Å². The maximum atomic E-state index is 6.07. The van der Waals surface area contributed by atoms with Crippen LogP contribution in [0.5, 0.6) is 0 Å². The maximum Gasteiger partial charge on any atom is 0.0931 e. The van der Waals surface area contributed by atoms with Crippen molar-refractivity contribution in [2.75, 3.05) is 33.7 Å². The van der Waals surface area contributed by atoms with E-state index in [1.807, 2.05) is 6.07 Å². The SMILES string of the molecule is CN1CCCC(CN)(N(C)Cc2ccc(Cl)s2)C1. The quantitative estimate of drug-likeness (QED) is 0.922. The third-order valence-electron chi connectivity index (χ3n) is 3.96. The van der Waals surface area contributed by atoms with E-state index in [1.165, 1.54) is 24.3 Å². The second-order valence-electron chi connectivity index (χ2n) is 5.33. The molecule has 1 fully saturated rings. The summed E-state index contributed by atoms with van der Waals surface area (Å²) in [5.41, 5.74) is 6.18. The van der Waals surface area contributed by atoms with Crippen LogP contribution in [0, 0.1) is 0 Å². The molecule has 1 unspecified atom stereocenters. The second-order valence-corrected chi connectivity index (χ2v) is 7.13. The molecule has 102 valence electrons. The molecule has 2 rings (SSSR count). The predicted octanol–water partition coefficient (Wildman–Crippen LogP) is 2.26. The van der Waals surface area contributed by atoms with Gasteiger partial charge < -0.3 is 10.6 Å². The Balaban J connectivity index is 2.07. The summed E-state index contributed by atoms with van der Waals surface area (Å²) in [5.74, 6) is 0. The van der Waals surface area contributed by atoms with Crippen LogP contribution in [0.25, 0.3) is 0 Å². The van der Waals surface area contributed by atoms with Gasteiger partial charge in [0.05, 0.1) is 4.34 Å². The van der Waals surface area contributed by atoms with E-state index >= 15 is 0 Å². The van der Waals surface area contributed by atoms with E-state index in [4.69, 9.17) is 17.3 Å². The minimum atomic E-state index is 0.115. The van der Waals surface area contributed by atoms with Gasteiger partial charge >= 0.3 is 0 Å². The second kappa shape index (κ2) is 5.88. The van der Waals surface area contributed by atoms with Gasteiger partial charge in [0.15, 0.2) is 0 Å². The van der Waals surface area contributed by atoms with Crippen molar-refractivity contribution in [1.82, 2.24) is 9.80 Å². The lowest BCUT2D eigenvalue weighted by molar-refractivity contribution is 0.0403. The minimum Gasteiger partial charge on any atom is -0.329 e. The summed E-state index contributed by atoms with van der Waals surface area (Å²) < 4.78 is 0.862. The number of hydrogen-bond acceptors (Lipinski definition) is 4. The van der Waals surface area contributed by atoms with Crippen molar-refractivity contribution in [3.8, 4) is 0 Å². The van der Waals surface area contributed by atoms with Crippen LogP contribution < -0.4 is 5.73 Å². The first kappa shape index (κ1) is 14.3. The van der Waals surface area contributed by atoms with Gasteiger partial charge in [-0.15, -0.1) is 11.3 Å². The summed E-state index contributed by atoms with van der Waals surface area (Å²) in [7, 11) is 4.36. The normalized spacial score (nSPS) is 25.8. The van der Waals surface area contributed by atoms with Gasteiger partial charge in [0.1, 0.15) is 0 Å². The average Bonchev–Trinajstić information content (AvgIpc) is 2.74. The highest BCUT2D eigenvalue weighted by Gasteiger charge is 2.36. The zero-order valence-electron chi connectivity index (χ0n) is 11.2. The van der Waals surface area contributed by atoms with Crippen LogP contribution in [-0.2, 0) is 6.54 Å². The molecular weight excluding hydrogens is 266 g/mol. The molecule has 1 saturated heterocycles. The van der Waals surface area contributed by atoms with E-state index in [0.29, 0.717) is 6.54 Å². The van der Waals surface area contributed by atoms with Gasteiger partial charge in [-0.1, -0.05) is 11.6 Å². The van der Waals surface area contributed by atoms with E-state index in [-0.39, 0.29) is 5.54 Å². The number of likely N-dealkylation sites (tertiary alicyclic amines) is 1. The summed E-state index contributed by atoms with van der Waals surface area (Å²) in [6.45, 7) is 3.88. The molecule has 0 saturated carbocycles. The fraction of sp³-hybridized carbons (Fsp3) is 0.692. The van der Waals surface area contributed by atoms with Gasteiger partial charge in [0.2, 0.25) is 0 Å². The van der Waals surface area contributed by atoms with E-state index < -0.39 is 0 Å². The van der Waals surface area contributed by atoms with Crippen molar-refractivity contribution in [2.24, 2.45) is 5.73 Å². The number of piperidine rings is 1. The molecule has 0 bridgehead atoms. The third kappa shape index (κ3) is 3.06. The Morgan fingerprint density at radius 2 is 2.33 bits per heavy atom. The molecule has 1 aromatic rings. The molecule has 3 nitrogen and oxygen atoms in total. The highest BCUT2D eigenvalue weighted by atomic mass is 35.5. The van der Waals surface area contributed by atoms with Gasteiger partial charge in [0, 0.05) is 30.1 Å². The van der Waals surface area contributed by atoms with Gasteiger partial charge in [-0.05, 0) is 45.6 Å². The van der Waals surface area contributed by atoms with Crippen LogP contribution >= 0.6 is 22.9 Å². The summed E-state index contributed by atoms with van der Waals surface area (Å²) >= 11 is 7.65. The smallest absolute Gasteiger partial charge is 0.0931 e. The summed E-state index contributed by atoms with van der Waals surface area (Å²) in [6.07, 6.45) is 2.41. The van der Waals surface area contributed by atoms with Crippen LogP contribution in [0.4, 0.5) is 0 Å². The molecule has 2 heterocycles. The highest BCUT2D eigenvalue weighted by molar-refractivity contribution is 7.16. The van der Waals surface area contributed by atoms with E-state index in [1.54, 1.807) is 11.3 Å². The van der Waals surface area contributed by atoms with Gasteiger partial charge in [-0.2, -0.15) is 0 Å². The zero-order valence-corrected chi connectivity index (χ0v) is 12.7. The molecule has 0 spiro atoms. The molecule has 1 aliphatic heterocycles. The van der Waals surface area contributed by atoms with Crippen molar-refractivity contribution in [3.05, 3.63) is 21.3 Å². The van der Waals surface area contributed by atoms with Crippen molar-refractivity contribution in [2.45, 2.75) is 24.9 Å². The summed E-state index contributed by atoms with van der Waals surface area (Å²) in [6, 6.07) is 4.08. The van der Waals surface area contributed by atoms with Crippen LogP contribution in [0.1, 0.15) is 17.7 Å². The number of halogens is 1. The maximum absolute atomic E-state index is 6.07. The predicted molar refractivity (Wildman–Crippen MR) is 79.3 cm³/mol. The summed E-state index contributed by atoms with van der Waals surface area (Å²) in [5, 5.41) is 0. The Kier molecular flexibility index (Phi) is 4.67. The third-order valence-corrected chi connectivity index (χ3v) is 5.17. The lowest BCUT2D eigenvalue weighted by atomic mass is 9.87. The number of hydrogen-bond donors (Lipinski definition) is 1. The molecule has 5 heteroatoms. The molecule has 1 aromatic heterocycles. The molecule has 0 amide bonds. The first-order chi connectivity index (χ1) is 8.55. The monoisotopic (exact) mass is 287 g/mol. The Labute approximate surface area is 119 Å². The fourth-order valence-electron chi connectivity index (χ4n) is 2.81. The number of likely N-dealkylation sites (N-methyl/N-ethyl adjacent to an activating group) is 2. The van der Waals surface area contributed by atoms with Crippen LogP contribution in [0.15, 0.2) is 12.1 Å². The first-order valence-electron chi connectivity index (χ1n) is 6.40. The van der Waals surface area contributed by atoms with Crippen LogP contribution in [-0.4, -0.2) is 49.1 Å². The number of nitrogens with two attached hydrogens (primary N) is 1. The van der Waals surface area contributed by atoms with Crippen molar-refractivity contribution >= 4 is 22.9 Å². The van der Waals surface area contributed by atoms with Gasteiger partial charge in [-0.3, -0.25) is 4.90 Å². The Bertz CT molecular complexity index is 395. The number of thiophene rings is 1. The Morgan fingerprint density at radius 1 is 1.56 bits per heavy atom. The topological polar surface area (TPSA) is 32.5 Å². The van der Waals surface area contributed by atoms with Crippen molar-refractivity contribution < 1.29 is 0 Å². The lowest BCUT2D eigenvalue weighted by Gasteiger charge is -2.47. The summed E-state index contributed by atoms with van der Waals surface area (Å²) in [4.78, 5) is 6.10. The minimum absolute atomic E-state index is 0.115. The van der Waals surface area contributed by atoms with E-state index in [2.05, 4.69) is 30.0 Å². The molecule has 1 aliphatic rings. The Morgan fingerprint density at radius 3 is 2.89 bits per heavy atom. The first-order valence-corrected chi connectivity index (χ1v) is 7.59. The number of nitrogens with zero attached hydrogens (tertiary/aromatic N) is 2. The van der Waals surface area contributed by atoms with Gasteiger partial charge in [-0.25, -0.2) is 0 Å². The standard InChI is InChI=1S/C13H22ClN3S/c1-16-7-3-6-13(9-15,10-16)17(2)8-11-4-5-12(14)18-11/h4-5H,3,6-10,15H2,1-2H3. The van der Waals surface area contributed by atoms with E-state index in [0.717, 1.165) is 17.4 Å². The largest absolute Gasteiger partial charge is 0.329 e. The number of rotatable bonds is 4. The molecule has 0 aliphatic carbocycles. The molecule has 1 atom stereocenters. The van der Waals surface area contributed by atoms with Crippen LogP contribution in [0.2, 0.25) is 4.34 Å². The van der Waals surface area contributed by atoms with E-state index in [9.17, 15) is 0 Å². The average molecular weight is 288 g/mol. The molecular formula is C13H22ClN3S. The molecule has 0 aromatic carbocycles. The zero-order chi connectivity index (χ0) is 13.2. The highest BCUT2D eigenvalue weighted by Crippen LogP contribution is 2.29.